The molecule has 2 aromatic heterocycles. The Morgan fingerprint density at radius 2 is 1.81 bits per heavy atom. The van der Waals surface area contributed by atoms with Crippen molar-refractivity contribution in [2.45, 2.75) is 13.5 Å². The van der Waals surface area contributed by atoms with Crippen LogP contribution in [0.3, 0.4) is 0 Å². The number of rotatable bonds is 4. The number of benzene rings is 2. The summed E-state index contributed by atoms with van der Waals surface area (Å²) in [4.78, 5) is 19.5. The maximum absolute atomic E-state index is 12.2. The molecule has 4 aromatic rings. The monoisotopic (exact) mass is 376 g/mol. The molecule has 0 unspecified atom stereocenters. The van der Waals surface area contributed by atoms with E-state index in [4.69, 9.17) is 11.6 Å². The van der Waals surface area contributed by atoms with Crippen LogP contribution in [0.4, 0.5) is 0 Å². The van der Waals surface area contributed by atoms with Crippen molar-refractivity contribution >= 4 is 34.8 Å². The van der Waals surface area contributed by atoms with Gasteiger partial charge < -0.3 is 4.98 Å². The number of halogens is 1. The second-order valence-electron chi connectivity index (χ2n) is 6.23. The van der Waals surface area contributed by atoms with Crippen LogP contribution in [0.2, 0.25) is 5.15 Å². The van der Waals surface area contributed by atoms with E-state index in [0.717, 1.165) is 22.3 Å². The Morgan fingerprint density at radius 3 is 2.63 bits per heavy atom. The molecule has 0 atom stereocenters. The van der Waals surface area contributed by atoms with Gasteiger partial charge in [-0.2, -0.15) is 5.10 Å². The average molecular weight is 377 g/mol. The third-order valence-corrected chi connectivity index (χ3v) is 4.72. The molecule has 1 N–H and O–H groups in total. The van der Waals surface area contributed by atoms with E-state index in [0.29, 0.717) is 22.9 Å². The summed E-state index contributed by atoms with van der Waals surface area (Å²) < 4.78 is 1.75. The Bertz CT molecular complexity index is 1190. The number of aromatic amines is 1. The number of nitrogens with zero attached hydrogens (tertiary/aromatic N) is 3. The van der Waals surface area contributed by atoms with Crippen LogP contribution in [0.25, 0.3) is 23.2 Å². The first-order chi connectivity index (χ1) is 13.1. The highest BCUT2D eigenvalue weighted by molar-refractivity contribution is 6.31. The van der Waals surface area contributed by atoms with E-state index in [1.54, 1.807) is 16.8 Å². The second-order valence-corrected chi connectivity index (χ2v) is 6.59. The van der Waals surface area contributed by atoms with Gasteiger partial charge in [0, 0.05) is 5.56 Å². The molecule has 0 aliphatic heterocycles. The number of aromatic nitrogens is 4. The fraction of sp³-hybridized carbons (Fsp3) is 0.0952. The van der Waals surface area contributed by atoms with Crippen LogP contribution in [0, 0.1) is 6.92 Å². The fourth-order valence-electron chi connectivity index (χ4n) is 2.94. The van der Waals surface area contributed by atoms with Crippen LogP contribution in [0.15, 0.2) is 59.4 Å². The van der Waals surface area contributed by atoms with Crippen molar-refractivity contribution in [3.63, 3.8) is 0 Å². The minimum absolute atomic E-state index is 0.240. The van der Waals surface area contributed by atoms with Crippen LogP contribution < -0.4 is 5.56 Å². The van der Waals surface area contributed by atoms with E-state index in [1.165, 1.54) is 0 Å². The van der Waals surface area contributed by atoms with Crippen molar-refractivity contribution in [1.29, 1.82) is 0 Å². The molecule has 2 aromatic carbocycles. The molecule has 134 valence electrons. The van der Waals surface area contributed by atoms with E-state index in [1.807, 2.05) is 61.5 Å². The number of aryl methyl sites for hydroxylation is 1. The van der Waals surface area contributed by atoms with Gasteiger partial charge in [0.05, 0.1) is 23.3 Å². The molecule has 0 aliphatic rings. The molecule has 0 saturated heterocycles. The smallest absolute Gasteiger partial charge is 0.274 e. The van der Waals surface area contributed by atoms with Crippen molar-refractivity contribution < 1.29 is 0 Å². The van der Waals surface area contributed by atoms with Crippen molar-refractivity contribution in [3.05, 3.63) is 92.6 Å². The van der Waals surface area contributed by atoms with E-state index in [2.05, 4.69) is 15.1 Å². The SMILES string of the molecule is Cc1nn(Cc2ccccc2)c(Cl)c1/C=C/c1nc2ccccc2[nH]c1=O. The number of H-pyrrole nitrogens is 1. The molecular formula is C21H17ClN4O. The second kappa shape index (κ2) is 7.21. The first-order valence-corrected chi connectivity index (χ1v) is 8.93. The zero-order chi connectivity index (χ0) is 18.8. The van der Waals surface area contributed by atoms with Gasteiger partial charge in [-0.25, -0.2) is 9.67 Å². The zero-order valence-corrected chi connectivity index (χ0v) is 15.4. The molecule has 0 fully saturated rings. The summed E-state index contributed by atoms with van der Waals surface area (Å²) in [5.74, 6) is 0. The number of hydrogen-bond donors (Lipinski definition) is 1. The van der Waals surface area contributed by atoms with Gasteiger partial charge in [-0.1, -0.05) is 54.1 Å². The first kappa shape index (κ1) is 17.2. The molecule has 0 bridgehead atoms. The van der Waals surface area contributed by atoms with Crippen molar-refractivity contribution in [2.24, 2.45) is 0 Å². The molecular weight excluding hydrogens is 360 g/mol. The van der Waals surface area contributed by atoms with Gasteiger partial charge in [0.25, 0.3) is 5.56 Å². The Hall–Kier alpha value is -3.18. The van der Waals surface area contributed by atoms with Crippen LogP contribution in [-0.4, -0.2) is 19.7 Å². The van der Waals surface area contributed by atoms with E-state index in [9.17, 15) is 4.79 Å². The summed E-state index contributed by atoms with van der Waals surface area (Å²) in [6.45, 7) is 2.48. The first-order valence-electron chi connectivity index (χ1n) is 8.56. The third kappa shape index (κ3) is 3.55. The van der Waals surface area contributed by atoms with E-state index >= 15 is 0 Å². The molecule has 0 amide bonds. The third-order valence-electron chi connectivity index (χ3n) is 4.32. The Kier molecular flexibility index (Phi) is 4.60. The Labute approximate surface area is 161 Å². The number of para-hydroxylation sites is 2. The highest BCUT2D eigenvalue weighted by Gasteiger charge is 2.12. The highest BCUT2D eigenvalue weighted by atomic mass is 35.5. The van der Waals surface area contributed by atoms with Crippen molar-refractivity contribution in [1.82, 2.24) is 19.7 Å². The minimum Gasteiger partial charge on any atom is -0.319 e. The van der Waals surface area contributed by atoms with Gasteiger partial charge in [0.15, 0.2) is 0 Å². The Balaban J connectivity index is 1.67. The van der Waals surface area contributed by atoms with Crippen LogP contribution in [0.5, 0.6) is 0 Å². The highest BCUT2D eigenvalue weighted by Crippen LogP contribution is 2.23. The van der Waals surface area contributed by atoms with Crippen LogP contribution in [0.1, 0.15) is 22.5 Å². The molecule has 2 heterocycles. The van der Waals surface area contributed by atoms with Gasteiger partial charge >= 0.3 is 0 Å². The predicted octanol–water partition coefficient (Wildman–Crippen LogP) is 4.30. The van der Waals surface area contributed by atoms with Gasteiger partial charge in [-0.05, 0) is 36.8 Å². The maximum Gasteiger partial charge on any atom is 0.274 e. The minimum atomic E-state index is -0.240. The standard InChI is InChI=1S/C21H17ClN4O/c1-14-16(20(22)26(25-14)13-15-7-3-2-4-8-15)11-12-19-21(27)24-18-10-6-5-9-17(18)23-19/h2-12H,13H2,1H3,(H,24,27)/b12-11+. The summed E-state index contributed by atoms with van der Waals surface area (Å²) in [5.41, 5.74) is 4.23. The number of fused-ring (bicyclic) bond motifs is 1. The Morgan fingerprint density at radius 1 is 1.07 bits per heavy atom. The lowest BCUT2D eigenvalue weighted by molar-refractivity contribution is 0.680. The summed E-state index contributed by atoms with van der Waals surface area (Å²) in [7, 11) is 0. The van der Waals surface area contributed by atoms with Gasteiger partial charge in [0.1, 0.15) is 10.8 Å². The zero-order valence-electron chi connectivity index (χ0n) is 14.7. The largest absolute Gasteiger partial charge is 0.319 e. The van der Waals surface area contributed by atoms with E-state index in [-0.39, 0.29) is 5.56 Å². The average Bonchev–Trinajstić information content (AvgIpc) is 2.94. The molecule has 0 saturated carbocycles. The van der Waals surface area contributed by atoms with Gasteiger partial charge in [-0.3, -0.25) is 4.79 Å². The predicted molar refractivity (Wildman–Crippen MR) is 109 cm³/mol. The fourth-order valence-corrected chi connectivity index (χ4v) is 3.23. The van der Waals surface area contributed by atoms with Crippen molar-refractivity contribution in [2.75, 3.05) is 0 Å². The number of hydrogen-bond acceptors (Lipinski definition) is 3. The lowest BCUT2D eigenvalue weighted by Crippen LogP contribution is -2.11. The molecule has 5 nitrogen and oxygen atoms in total. The van der Waals surface area contributed by atoms with E-state index < -0.39 is 0 Å². The summed E-state index contributed by atoms with van der Waals surface area (Å²) in [6, 6.07) is 17.4. The summed E-state index contributed by atoms with van der Waals surface area (Å²) in [5, 5.41) is 5.05. The number of nitrogens with one attached hydrogen (secondary N) is 1. The molecule has 0 spiro atoms. The maximum atomic E-state index is 12.2. The molecule has 4 rings (SSSR count). The summed E-state index contributed by atoms with van der Waals surface area (Å²) in [6.07, 6.45) is 3.46. The normalized spacial score (nSPS) is 11.5. The lowest BCUT2D eigenvalue weighted by atomic mass is 10.2. The quantitative estimate of drug-likeness (QED) is 0.577. The van der Waals surface area contributed by atoms with Crippen LogP contribution in [-0.2, 0) is 6.54 Å². The topological polar surface area (TPSA) is 63.6 Å². The summed E-state index contributed by atoms with van der Waals surface area (Å²) >= 11 is 6.52. The van der Waals surface area contributed by atoms with Crippen LogP contribution >= 0.6 is 11.6 Å². The lowest BCUT2D eigenvalue weighted by Gasteiger charge is -2.03. The van der Waals surface area contributed by atoms with Gasteiger partial charge in [0.2, 0.25) is 0 Å². The molecule has 0 radical (unpaired) electrons. The molecule has 6 heteroatoms. The molecule has 27 heavy (non-hydrogen) atoms. The van der Waals surface area contributed by atoms with Crippen molar-refractivity contribution in [3.8, 4) is 0 Å². The molecule has 0 aliphatic carbocycles. The van der Waals surface area contributed by atoms with Gasteiger partial charge in [-0.15, -0.1) is 0 Å².